The number of unbranched alkanes of at least 4 members (excludes halogenated alkanes) is 3. The fourth-order valence-electron chi connectivity index (χ4n) is 2.16. The molecule has 22 heavy (non-hydrogen) atoms. The molecule has 0 amide bonds. The summed E-state index contributed by atoms with van der Waals surface area (Å²) < 4.78 is 11.2. The van der Waals surface area contributed by atoms with E-state index in [4.69, 9.17) is 9.47 Å². The third-order valence-corrected chi connectivity index (χ3v) is 3.15. The molecule has 0 fully saturated rings. The summed E-state index contributed by atoms with van der Waals surface area (Å²) >= 11 is 0. The summed E-state index contributed by atoms with van der Waals surface area (Å²) in [5, 5.41) is 0. The first kappa shape index (κ1) is 20.9. The Morgan fingerprint density at radius 2 is 1.64 bits per heavy atom. The van der Waals surface area contributed by atoms with Gasteiger partial charge in [0.15, 0.2) is 6.10 Å². The Balaban J connectivity index is 4.33. The number of likely N-dealkylation sites (N-methyl/N-ethyl adjacent to an activating group) is 1. The summed E-state index contributed by atoms with van der Waals surface area (Å²) in [4.78, 5) is 23.7. The van der Waals surface area contributed by atoms with Crippen LogP contribution in [0.4, 0.5) is 0 Å². The molecule has 0 aliphatic heterocycles. The van der Waals surface area contributed by atoms with Crippen molar-refractivity contribution >= 4 is 11.9 Å². The number of ether oxygens (including phenoxy) is 2. The first-order valence-corrected chi connectivity index (χ1v) is 8.44. The van der Waals surface area contributed by atoms with E-state index in [1.165, 1.54) is 0 Å². The molecule has 0 aliphatic rings. The predicted octanol–water partition coefficient (Wildman–Crippen LogP) is 2.92. The first-order chi connectivity index (χ1) is 10.3. The third kappa shape index (κ3) is 12.6. The Morgan fingerprint density at radius 3 is 2.18 bits per heavy atom. The molecule has 0 spiro atoms. The molecule has 1 atom stereocenters. The molecule has 0 radical (unpaired) electrons. The second kappa shape index (κ2) is 11.5. The molecule has 0 aliphatic carbocycles. The van der Waals surface area contributed by atoms with Gasteiger partial charge in [-0.15, -0.1) is 0 Å². The summed E-state index contributed by atoms with van der Waals surface area (Å²) in [6.07, 6.45) is 5.12. The zero-order valence-corrected chi connectivity index (χ0v) is 15.0. The smallest absolute Gasteiger partial charge is 0.309 e. The van der Waals surface area contributed by atoms with Crippen molar-refractivity contribution in [3.8, 4) is 0 Å². The molecule has 0 aromatic carbocycles. The molecule has 0 bridgehead atoms. The van der Waals surface area contributed by atoms with Crippen LogP contribution in [0.15, 0.2) is 0 Å². The molecule has 0 N–H and O–H groups in total. The van der Waals surface area contributed by atoms with Crippen LogP contribution in [0.3, 0.4) is 0 Å². The molecule has 0 heterocycles. The minimum Gasteiger partial charge on any atom is -0.466 e. The lowest BCUT2D eigenvalue weighted by atomic mass is 10.1. The zero-order chi connectivity index (χ0) is 17.0. The van der Waals surface area contributed by atoms with Crippen molar-refractivity contribution in [2.75, 3.05) is 34.3 Å². The fourth-order valence-corrected chi connectivity index (χ4v) is 2.16. The monoisotopic (exact) mass is 316 g/mol. The number of quaternary nitrogens is 1. The summed E-state index contributed by atoms with van der Waals surface area (Å²) in [7, 11) is 6.04. The standard InChI is InChI=1S/C17H34NO4/c1-6-8-9-10-11-16(19)22-15(14-18(3,4)5)13-17(20)21-12-7-2/h15H,6-14H2,1-5H3/q+1/t15-/m1/s1. The largest absolute Gasteiger partial charge is 0.466 e. The predicted molar refractivity (Wildman–Crippen MR) is 87.4 cm³/mol. The topological polar surface area (TPSA) is 52.6 Å². The van der Waals surface area contributed by atoms with E-state index in [-0.39, 0.29) is 18.4 Å². The van der Waals surface area contributed by atoms with Gasteiger partial charge in [-0.3, -0.25) is 9.59 Å². The highest BCUT2D eigenvalue weighted by atomic mass is 16.6. The molecular weight excluding hydrogens is 282 g/mol. The summed E-state index contributed by atoms with van der Waals surface area (Å²) in [6, 6.07) is 0. The van der Waals surface area contributed by atoms with E-state index in [0.717, 1.165) is 32.1 Å². The normalized spacial score (nSPS) is 12.8. The van der Waals surface area contributed by atoms with Crippen molar-refractivity contribution in [1.82, 2.24) is 0 Å². The Bertz CT molecular complexity index is 323. The van der Waals surface area contributed by atoms with Gasteiger partial charge in [-0.2, -0.15) is 0 Å². The summed E-state index contributed by atoms with van der Waals surface area (Å²) in [6.45, 7) is 5.10. The molecule has 5 heteroatoms. The Kier molecular flexibility index (Phi) is 10.9. The Morgan fingerprint density at radius 1 is 0.955 bits per heavy atom. The van der Waals surface area contributed by atoms with E-state index >= 15 is 0 Å². The average molecular weight is 316 g/mol. The van der Waals surface area contributed by atoms with Crippen molar-refractivity contribution in [3.05, 3.63) is 0 Å². The summed E-state index contributed by atoms with van der Waals surface area (Å²) in [5.74, 6) is -0.503. The van der Waals surface area contributed by atoms with E-state index in [1.54, 1.807) is 0 Å². The van der Waals surface area contributed by atoms with Crippen LogP contribution in [0.25, 0.3) is 0 Å². The number of carbonyl (C=O) groups is 2. The van der Waals surface area contributed by atoms with E-state index < -0.39 is 6.10 Å². The highest BCUT2D eigenvalue weighted by molar-refractivity contribution is 5.72. The molecule has 0 aromatic rings. The quantitative estimate of drug-likeness (QED) is 0.315. The maximum Gasteiger partial charge on any atom is 0.309 e. The van der Waals surface area contributed by atoms with Gasteiger partial charge in [-0.1, -0.05) is 33.1 Å². The molecule has 5 nitrogen and oxygen atoms in total. The van der Waals surface area contributed by atoms with Crippen LogP contribution in [-0.4, -0.2) is 56.8 Å². The van der Waals surface area contributed by atoms with Crippen LogP contribution in [0, 0.1) is 0 Å². The van der Waals surface area contributed by atoms with Gasteiger partial charge in [0.2, 0.25) is 0 Å². The maximum atomic E-state index is 11.9. The summed E-state index contributed by atoms with van der Waals surface area (Å²) in [5.41, 5.74) is 0. The van der Waals surface area contributed by atoms with Crippen molar-refractivity contribution in [3.63, 3.8) is 0 Å². The van der Waals surface area contributed by atoms with E-state index in [1.807, 2.05) is 28.1 Å². The third-order valence-electron chi connectivity index (χ3n) is 3.15. The molecule has 0 aromatic heterocycles. The van der Waals surface area contributed by atoms with Gasteiger partial charge in [-0.25, -0.2) is 0 Å². The van der Waals surface area contributed by atoms with Crippen molar-refractivity contribution < 1.29 is 23.5 Å². The highest BCUT2D eigenvalue weighted by Crippen LogP contribution is 2.10. The van der Waals surface area contributed by atoms with E-state index in [9.17, 15) is 9.59 Å². The van der Waals surface area contributed by atoms with Gasteiger partial charge in [0.25, 0.3) is 0 Å². The molecule has 130 valence electrons. The minimum atomic E-state index is -0.414. The maximum absolute atomic E-state index is 11.9. The highest BCUT2D eigenvalue weighted by Gasteiger charge is 2.25. The lowest BCUT2D eigenvalue weighted by Crippen LogP contribution is -2.44. The number of esters is 2. The Labute approximate surface area is 135 Å². The first-order valence-electron chi connectivity index (χ1n) is 8.44. The van der Waals surface area contributed by atoms with Gasteiger partial charge in [0.1, 0.15) is 6.54 Å². The van der Waals surface area contributed by atoms with Crippen molar-refractivity contribution in [2.24, 2.45) is 0 Å². The van der Waals surface area contributed by atoms with Crippen molar-refractivity contribution in [1.29, 1.82) is 0 Å². The average Bonchev–Trinajstić information content (AvgIpc) is 2.39. The van der Waals surface area contributed by atoms with Crippen LogP contribution in [0.2, 0.25) is 0 Å². The van der Waals surface area contributed by atoms with Gasteiger partial charge in [-0.05, 0) is 12.8 Å². The minimum absolute atomic E-state index is 0.135. The number of hydrogen-bond acceptors (Lipinski definition) is 4. The van der Waals surface area contributed by atoms with Gasteiger partial charge in [0.05, 0.1) is 34.2 Å². The number of rotatable bonds is 12. The zero-order valence-electron chi connectivity index (χ0n) is 15.0. The fraction of sp³-hybridized carbons (Fsp3) is 0.882. The van der Waals surface area contributed by atoms with Crippen molar-refractivity contribution in [2.45, 2.75) is 64.9 Å². The van der Waals surface area contributed by atoms with Crippen LogP contribution in [-0.2, 0) is 19.1 Å². The Hall–Kier alpha value is -1.10. The molecule has 0 saturated heterocycles. The lowest BCUT2D eigenvalue weighted by molar-refractivity contribution is -0.873. The molecule has 0 saturated carbocycles. The molecule has 0 rings (SSSR count). The SMILES string of the molecule is CCCCCCC(=O)O[C@H](CC(=O)OCCC)C[N+](C)(C)C. The number of hydrogen-bond donors (Lipinski definition) is 0. The van der Waals surface area contributed by atoms with Crippen LogP contribution >= 0.6 is 0 Å². The van der Waals surface area contributed by atoms with E-state index in [0.29, 0.717) is 24.1 Å². The van der Waals surface area contributed by atoms with Crippen LogP contribution < -0.4 is 0 Å². The number of nitrogens with zero attached hydrogens (tertiary/aromatic N) is 1. The van der Waals surface area contributed by atoms with Gasteiger partial charge < -0.3 is 14.0 Å². The molecular formula is C17H34NO4+. The second-order valence-electron chi connectivity index (χ2n) is 6.82. The second-order valence-corrected chi connectivity index (χ2v) is 6.82. The van der Waals surface area contributed by atoms with Crippen LogP contribution in [0.5, 0.6) is 0 Å². The number of carbonyl (C=O) groups excluding carboxylic acids is 2. The molecule has 0 unspecified atom stereocenters. The van der Waals surface area contributed by atoms with Crippen LogP contribution in [0.1, 0.15) is 58.8 Å². The van der Waals surface area contributed by atoms with Gasteiger partial charge >= 0.3 is 11.9 Å². The van der Waals surface area contributed by atoms with Gasteiger partial charge in [0, 0.05) is 6.42 Å². The van der Waals surface area contributed by atoms with E-state index in [2.05, 4.69) is 6.92 Å². The lowest BCUT2D eigenvalue weighted by Gasteiger charge is -2.28.